The lowest BCUT2D eigenvalue weighted by molar-refractivity contribution is 0.197. The second kappa shape index (κ2) is 3.42. The quantitative estimate of drug-likeness (QED) is 0.626. The fourth-order valence-electron chi connectivity index (χ4n) is 1.75. The maximum Gasteiger partial charge on any atom is 0.104 e. The van der Waals surface area contributed by atoms with E-state index in [0.717, 1.165) is 25.7 Å². The van der Waals surface area contributed by atoms with Gasteiger partial charge in [0.05, 0.1) is 6.07 Å². The van der Waals surface area contributed by atoms with Crippen LogP contribution in [0.15, 0.2) is 0 Å². The molecule has 0 bridgehead atoms. The second-order valence-corrected chi connectivity index (χ2v) is 3.96. The number of hydrogen-bond acceptors (Lipinski definition) is 3. The Morgan fingerprint density at radius 2 is 1.92 bits per heavy atom. The Balaban J connectivity index is 2.46. The van der Waals surface area contributed by atoms with Gasteiger partial charge in [-0.15, -0.1) is 0 Å². The van der Waals surface area contributed by atoms with Gasteiger partial charge in [-0.25, -0.2) is 0 Å². The van der Waals surface area contributed by atoms with Gasteiger partial charge in [-0.2, -0.15) is 5.26 Å². The average molecular weight is 167 g/mol. The van der Waals surface area contributed by atoms with Gasteiger partial charge in [0.25, 0.3) is 0 Å². The van der Waals surface area contributed by atoms with E-state index < -0.39 is 5.54 Å². The first-order valence-electron chi connectivity index (χ1n) is 4.44. The first-order chi connectivity index (χ1) is 5.57. The zero-order chi connectivity index (χ0) is 9.19. The van der Waals surface area contributed by atoms with Crippen LogP contribution in [-0.4, -0.2) is 30.6 Å². The molecule has 0 aliphatic heterocycles. The Morgan fingerprint density at radius 3 is 2.25 bits per heavy atom. The van der Waals surface area contributed by atoms with Gasteiger partial charge in [0.1, 0.15) is 5.54 Å². The maximum absolute atomic E-state index is 8.79. The molecule has 1 rings (SSSR count). The minimum absolute atomic E-state index is 0.535. The lowest BCUT2D eigenvalue weighted by Crippen LogP contribution is -2.45. The van der Waals surface area contributed by atoms with Crippen LogP contribution in [0.3, 0.4) is 0 Å². The molecule has 0 spiro atoms. The van der Waals surface area contributed by atoms with Gasteiger partial charge in [0, 0.05) is 6.04 Å². The van der Waals surface area contributed by atoms with E-state index in [1.165, 1.54) is 0 Å². The van der Waals surface area contributed by atoms with E-state index in [-0.39, 0.29) is 0 Å². The molecule has 0 aromatic heterocycles. The Morgan fingerprint density at radius 1 is 1.42 bits per heavy atom. The Labute approximate surface area is 74.1 Å². The van der Waals surface area contributed by atoms with Crippen LogP contribution in [-0.2, 0) is 0 Å². The van der Waals surface area contributed by atoms with E-state index >= 15 is 0 Å². The molecular weight excluding hydrogens is 150 g/mol. The lowest BCUT2D eigenvalue weighted by atomic mass is 9.81. The summed E-state index contributed by atoms with van der Waals surface area (Å²) in [5.74, 6) is 0. The molecule has 3 nitrogen and oxygen atoms in total. The van der Waals surface area contributed by atoms with Crippen LogP contribution in [0, 0.1) is 11.3 Å². The Hall–Kier alpha value is -0.590. The summed E-state index contributed by atoms with van der Waals surface area (Å²) in [6.07, 6.45) is 3.78. The molecule has 1 fully saturated rings. The zero-order valence-corrected chi connectivity index (χ0v) is 7.88. The van der Waals surface area contributed by atoms with E-state index in [0.29, 0.717) is 6.04 Å². The molecule has 0 amide bonds. The van der Waals surface area contributed by atoms with Crippen molar-refractivity contribution in [3.8, 4) is 6.07 Å². The maximum atomic E-state index is 8.79. The summed E-state index contributed by atoms with van der Waals surface area (Å²) in [6, 6.07) is 2.82. The van der Waals surface area contributed by atoms with E-state index in [2.05, 4.69) is 25.1 Å². The van der Waals surface area contributed by atoms with Crippen LogP contribution >= 0.6 is 0 Å². The summed E-state index contributed by atoms with van der Waals surface area (Å²) in [6.45, 7) is 0. The van der Waals surface area contributed by atoms with Crippen LogP contribution in [0.5, 0.6) is 0 Å². The number of nitrogens with zero attached hydrogens (tertiary/aromatic N) is 2. The lowest BCUT2D eigenvalue weighted by Gasteiger charge is -2.35. The van der Waals surface area contributed by atoms with Crippen molar-refractivity contribution in [2.75, 3.05) is 14.1 Å². The van der Waals surface area contributed by atoms with Crippen LogP contribution in [0.1, 0.15) is 25.7 Å². The molecule has 0 saturated heterocycles. The Kier molecular flexibility index (Phi) is 2.71. The fraction of sp³-hybridized carbons (Fsp3) is 0.889. The van der Waals surface area contributed by atoms with Gasteiger partial charge in [0.2, 0.25) is 0 Å². The van der Waals surface area contributed by atoms with Crippen LogP contribution in [0.25, 0.3) is 0 Å². The summed E-state index contributed by atoms with van der Waals surface area (Å²) >= 11 is 0. The normalized spacial score (nSPS) is 36.4. The molecule has 68 valence electrons. The minimum atomic E-state index is -0.535. The zero-order valence-electron chi connectivity index (χ0n) is 7.88. The smallest absolute Gasteiger partial charge is 0.104 e. The molecule has 0 atom stereocenters. The number of nitrogens with two attached hydrogens (primary N) is 1. The standard InChI is InChI=1S/C9H17N3/c1-12(2)8-3-5-9(11,7-10)6-4-8/h8H,3-6,11H2,1-2H3. The molecule has 12 heavy (non-hydrogen) atoms. The van der Waals surface area contributed by atoms with Crippen LogP contribution < -0.4 is 5.73 Å². The molecule has 0 unspecified atom stereocenters. The molecular formula is C9H17N3. The first-order valence-corrected chi connectivity index (χ1v) is 4.44. The number of hydrogen-bond donors (Lipinski definition) is 1. The van der Waals surface area contributed by atoms with E-state index in [4.69, 9.17) is 11.0 Å². The summed E-state index contributed by atoms with van der Waals surface area (Å²) in [5, 5.41) is 8.79. The summed E-state index contributed by atoms with van der Waals surface area (Å²) in [4.78, 5) is 2.22. The third kappa shape index (κ3) is 1.96. The van der Waals surface area contributed by atoms with Crippen molar-refractivity contribution >= 4 is 0 Å². The molecule has 0 aromatic carbocycles. The van der Waals surface area contributed by atoms with Crippen molar-refractivity contribution in [1.29, 1.82) is 5.26 Å². The molecule has 1 aliphatic carbocycles. The van der Waals surface area contributed by atoms with Gasteiger partial charge in [0.15, 0.2) is 0 Å². The van der Waals surface area contributed by atoms with Crippen LogP contribution in [0.4, 0.5) is 0 Å². The third-order valence-electron chi connectivity index (χ3n) is 2.80. The van der Waals surface area contributed by atoms with Crippen molar-refractivity contribution in [3.05, 3.63) is 0 Å². The largest absolute Gasteiger partial charge is 0.313 e. The SMILES string of the molecule is CN(C)C1CCC(N)(C#N)CC1. The van der Waals surface area contributed by atoms with E-state index in [1.807, 2.05) is 0 Å². The predicted molar refractivity (Wildman–Crippen MR) is 48.5 cm³/mol. The molecule has 0 heterocycles. The predicted octanol–water partition coefficient (Wildman–Crippen LogP) is 0.712. The Bertz CT molecular complexity index is 184. The van der Waals surface area contributed by atoms with E-state index in [9.17, 15) is 0 Å². The highest BCUT2D eigenvalue weighted by atomic mass is 15.1. The molecule has 0 aromatic rings. The van der Waals surface area contributed by atoms with Gasteiger partial charge in [-0.05, 0) is 39.8 Å². The average Bonchev–Trinajstić information content (AvgIpc) is 2.05. The highest BCUT2D eigenvalue weighted by Gasteiger charge is 2.31. The van der Waals surface area contributed by atoms with Crippen molar-refractivity contribution in [3.63, 3.8) is 0 Å². The van der Waals surface area contributed by atoms with Gasteiger partial charge in [-0.3, -0.25) is 0 Å². The molecule has 2 N–H and O–H groups in total. The number of nitriles is 1. The van der Waals surface area contributed by atoms with Crippen molar-refractivity contribution < 1.29 is 0 Å². The van der Waals surface area contributed by atoms with Crippen molar-refractivity contribution in [2.24, 2.45) is 5.73 Å². The van der Waals surface area contributed by atoms with Gasteiger partial charge in [-0.1, -0.05) is 0 Å². The highest BCUT2D eigenvalue weighted by Crippen LogP contribution is 2.27. The molecule has 1 aliphatic rings. The minimum Gasteiger partial charge on any atom is -0.313 e. The topological polar surface area (TPSA) is 53.0 Å². The first kappa shape index (κ1) is 9.50. The van der Waals surface area contributed by atoms with Crippen molar-refractivity contribution in [1.82, 2.24) is 4.90 Å². The molecule has 0 radical (unpaired) electrons. The van der Waals surface area contributed by atoms with Gasteiger partial charge >= 0.3 is 0 Å². The monoisotopic (exact) mass is 167 g/mol. The molecule has 1 saturated carbocycles. The van der Waals surface area contributed by atoms with Gasteiger partial charge < -0.3 is 10.6 Å². The summed E-state index contributed by atoms with van der Waals surface area (Å²) in [5.41, 5.74) is 5.31. The number of rotatable bonds is 1. The van der Waals surface area contributed by atoms with Crippen LogP contribution in [0.2, 0.25) is 0 Å². The molecule has 3 heteroatoms. The summed E-state index contributed by atoms with van der Waals surface area (Å²) < 4.78 is 0. The second-order valence-electron chi connectivity index (χ2n) is 3.96. The van der Waals surface area contributed by atoms with E-state index in [1.54, 1.807) is 0 Å². The summed E-state index contributed by atoms with van der Waals surface area (Å²) in [7, 11) is 4.17. The van der Waals surface area contributed by atoms with Crippen molar-refractivity contribution in [2.45, 2.75) is 37.3 Å². The highest BCUT2D eigenvalue weighted by molar-refractivity contribution is 5.07. The fourth-order valence-corrected chi connectivity index (χ4v) is 1.75. The third-order valence-corrected chi connectivity index (χ3v) is 2.80.